The minimum atomic E-state index is -0.625. The largest absolute Gasteiger partial charge is 0.493 e. The molecule has 2 aromatic rings. The van der Waals surface area contributed by atoms with Gasteiger partial charge in [0.2, 0.25) is 6.10 Å². The van der Waals surface area contributed by atoms with Crippen LogP contribution in [0.5, 0.6) is 23.0 Å². The molecular weight excluding hydrogens is 334 g/mol. The molecule has 6 nitrogen and oxygen atoms in total. The number of methoxy groups -OCH3 is 2. The van der Waals surface area contributed by atoms with Gasteiger partial charge in [-0.2, -0.15) is 0 Å². The number of para-hydroxylation sites is 2. The van der Waals surface area contributed by atoms with Gasteiger partial charge in [0, 0.05) is 13.6 Å². The van der Waals surface area contributed by atoms with E-state index in [2.05, 4.69) is 0 Å². The monoisotopic (exact) mass is 357 g/mol. The average Bonchev–Trinajstić information content (AvgIpc) is 2.70. The first kappa shape index (κ1) is 17.9. The molecule has 1 amide bonds. The molecular formula is C20H23NO5. The lowest BCUT2D eigenvalue weighted by Crippen LogP contribution is -2.45. The molecule has 0 spiro atoms. The zero-order valence-corrected chi connectivity index (χ0v) is 15.2. The van der Waals surface area contributed by atoms with Crippen LogP contribution in [-0.4, -0.2) is 51.3 Å². The van der Waals surface area contributed by atoms with Crippen LogP contribution in [0.25, 0.3) is 0 Å². The number of carbonyl (C=O) groups excluding carboxylic acids is 1. The summed E-state index contributed by atoms with van der Waals surface area (Å²) in [6, 6.07) is 13.1. The van der Waals surface area contributed by atoms with E-state index in [1.165, 1.54) is 0 Å². The molecule has 0 N–H and O–H groups in total. The summed E-state index contributed by atoms with van der Waals surface area (Å²) < 4.78 is 22.0. The van der Waals surface area contributed by atoms with Crippen LogP contribution in [0.1, 0.15) is 5.56 Å². The fourth-order valence-corrected chi connectivity index (χ4v) is 2.83. The second-order valence-electron chi connectivity index (χ2n) is 6.06. The molecule has 6 heteroatoms. The maximum atomic E-state index is 12.6. The van der Waals surface area contributed by atoms with E-state index < -0.39 is 6.10 Å². The lowest BCUT2D eigenvalue weighted by molar-refractivity contribution is -0.139. The zero-order valence-electron chi connectivity index (χ0n) is 15.2. The predicted molar refractivity (Wildman–Crippen MR) is 97.2 cm³/mol. The van der Waals surface area contributed by atoms with Gasteiger partial charge in [0.25, 0.3) is 5.91 Å². The van der Waals surface area contributed by atoms with Gasteiger partial charge < -0.3 is 23.8 Å². The van der Waals surface area contributed by atoms with Gasteiger partial charge in [0.15, 0.2) is 23.0 Å². The van der Waals surface area contributed by atoms with Crippen LogP contribution in [0.4, 0.5) is 0 Å². The van der Waals surface area contributed by atoms with E-state index in [1.54, 1.807) is 32.2 Å². The summed E-state index contributed by atoms with van der Waals surface area (Å²) in [4.78, 5) is 14.3. The number of hydrogen-bond acceptors (Lipinski definition) is 5. The second-order valence-corrected chi connectivity index (χ2v) is 6.06. The molecule has 0 saturated carbocycles. The number of benzene rings is 2. The first-order valence-corrected chi connectivity index (χ1v) is 8.46. The molecule has 0 saturated heterocycles. The molecule has 26 heavy (non-hydrogen) atoms. The molecule has 138 valence electrons. The van der Waals surface area contributed by atoms with Crippen molar-refractivity contribution in [2.24, 2.45) is 0 Å². The first-order valence-electron chi connectivity index (χ1n) is 8.46. The van der Waals surface area contributed by atoms with Gasteiger partial charge in [-0.1, -0.05) is 18.2 Å². The van der Waals surface area contributed by atoms with Crippen molar-refractivity contribution in [1.82, 2.24) is 4.90 Å². The number of amides is 1. The van der Waals surface area contributed by atoms with Crippen LogP contribution >= 0.6 is 0 Å². The van der Waals surface area contributed by atoms with Gasteiger partial charge in [-0.3, -0.25) is 4.79 Å². The number of likely N-dealkylation sites (N-methyl/N-ethyl adjacent to an activating group) is 1. The lowest BCUT2D eigenvalue weighted by atomic mass is 10.1. The third kappa shape index (κ3) is 3.85. The normalized spacial score (nSPS) is 15.3. The summed E-state index contributed by atoms with van der Waals surface area (Å²) >= 11 is 0. The Morgan fingerprint density at radius 1 is 1.12 bits per heavy atom. The van der Waals surface area contributed by atoms with Crippen LogP contribution in [0.2, 0.25) is 0 Å². The highest BCUT2D eigenvalue weighted by atomic mass is 16.6. The van der Waals surface area contributed by atoms with Crippen molar-refractivity contribution in [3.63, 3.8) is 0 Å². The van der Waals surface area contributed by atoms with Crippen molar-refractivity contribution in [3.8, 4) is 23.0 Å². The highest BCUT2D eigenvalue weighted by molar-refractivity contribution is 5.81. The van der Waals surface area contributed by atoms with Gasteiger partial charge in [0.1, 0.15) is 6.61 Å². The maximum Gasteiger partial charge on any atom is 0.267 e. The topological polar surface area (TPSA) is 57.2 Å². The van der Waals surface area contributed by atoms with Crippen LogP contribution in [0.15, 0.2) is 42.5 Å². The standard InChI is InChI=1S/C20H23NO5/c1-21(11-10-14-8-9-15(23-2)18(12-14)24-3)20(22)19-13-25-16-6-4-5-7-17(16)26-19/h4-9,12,19H,10-11,13H2,1-3H3/t19-/m0/s1. The Morgan fingerprint density at radius 2 is 1.85 bits per heavy atom. The highest BCUT2D eigenvalue weighted by Crippen LogP contribution is 2.31. The molecule has 0 aromatic heterocycles. The van der Waals surface area contributed by atoms with Crippen molar-refractivity contribution in [2.75, 3.05) is 34.4 Å². The summed E-state index contributed by atoms with van der Waals surface area (Å²) in [5, 5.41) is 0. The van der Waals surface area contributed by atoms with E-state index in [4.69, 9.17) is 18.9 Å². The van der Waals surface area contributed by atoms with Crippen LogP contribution in [0, 0.1) is 0 Å². The van der Waals surface area contributed by atoms with Gasteiger partial charge >= 0.3 is 0 Å². The van der Waals surface area contributed by atoms with E-state index in [-0.39, 0.29) is 12.5 Å². The van der Waals surface area contributed by atoms with Crippen molar-refractivity contribution in [1.29, 1.82) is 0 Å². The van der Waals surface area contributed by atoms with Crippen molar-refractivity contribution >= 4 is 5.91 Å². The van der Waals surface area contributed by atoms with E-state index in [0.29, 0.717) is 36.0 Å². The quantitative estimate of drug-likeness (QED) is 0.795. The molecule has 1 aliphatic heterocycles. The average molecular weight is 357 g/mol. The summed E-state index contributed by atoms with van der Waals surface area (Å²) in [6.07, 6.45) is 0.0764. The van der Waals surface area contributed by atoms with Gasteiger partial charge in [-0.25, -0.2) is 0 Å². The Morgan fingerprint density at radius 3 is 2.58 bits per heavy atom. The Labute approximate surface area is 153 Å². The minimum absolute atomic E-state index is 0.0972. The number of fused-ring (bicyclic) bond motifs is 1. The van der Waals surface area contributed by atoms with Crippen LogP contribution in [0.3, 0.4) is 0 Å². The fourth-order valence-electron chi connectivity index (χ4n) is 2.83. The Balaban J connectivity index is 1.58. The third-order valence-electron chi connectivity index (χ3n) is 4.34. The van der Waals surface area contributed by atoms with E-state index in [0.717, 1.165) is 5.56 Å². The summed E-state index contributed by atoms with van der Waals surface area (Å²) in [7, 11) is 4.98. The number of rotatable bonds is 6. The van der Waals surface area contributed by atoms with Crippen LogP contribution < -0.4 is 18.9 Å². The predicted octanol–water partition coefficient (Wildman–Crippen LogP) is 2.54. The number of carbonyl (C=O) groups is 1. The maximum absolute atomic E-state index is 12.6. The molecule has 3 rings (SSSR count). The SMILES string of the molecule is COc1ccc(CCN(C)C(=O)[C@@H]2COc3ccccc3O2)cc1OC. The Kier molecular flexibility index (Phi) is 5.51. The van der Waals surface area contributed by atoms with Gasteiger partial charge in [-0.05, 0) is 36.2 Å². The summed E-state index contributed by atoms with van der Waals surface area (Å²) in [5.41, 5.74) is 1.06. The molecule has 0 bridgehead atoms. The zero-order chi connectivity index (χ0) is 18.5. The van der Waals surface area contributed by atoms with Crippen molar-refractivity contribution in [3.05, 3.63) is 48.0 Å². The molecule has 0 unspecified atom stereocenters. The van der Waals surface area contributed by atoms with E-state index >= 15 is 0 Å². The second kappa shape index (κ2) is 7.99. The fraction of sp³-hybridized carbons (Fsp3) is 0.350. The number of hydrogen-bond donors (Lipinski definition) is 0. The summed E-state index contributed by atoms with van der Waals surface area (Å²) in [6.45, 7) is 0.784. The molecule has 0 aliphatic carbocycles. The first-order chi connectivity index (χ1) is 12.6. The smallest absolute Gasteiger partial charge is 0.267 e. The Hall–Kier alpha value is -2.89. The van der Waals surface area contributed by atoms with Gasteiger partial charge in [0.05, 0.1) is 14.2 Å². The molecule has 2 aromatic carbocycles. The van der Waals surface area contributed by atoms with Crippen molar-refractivity contribution in [2.45, 2.75) is 12.5 Å². The molecule has 1 aliphatic rings. The molecule has 0 fully saturated rings. The molecule has 1 atom stereocenters. The molecule has 1 heterocycles. The lowest BCUT2D eigenvalue weighted by Gasteiger charge is -2.28. The summed E-state index contributed by atoms with van der Waals surface area (Å²) in [5.74, 6) is 2.54. The van der Waals surface area contributed by atoms with E-state index in [1.807, 2.05) is 36.4 Å². The number of nitrogens with zero attached hydrogens (tertiary/aromatic N) is 1. The molecule has 0 radical (unpaired) electrons. The van der Waals surface area contributed by atoms with Gasteiger partial charge in [-0.15, -0.1) is 0 Å². The minimum Gasteiger partial charge on any atom is -0.493 e. The van der Waals surface area contributed by atoms with E-state index in [9.17, 15) is 4.79 Å². The number of ether oxygens (including phenoxy) is 4. The van der Waals surface area contributed by atoms with Crippen molar-refractivity contribution < 1.29 is 23.7 Å². The third-order valence-corrected chi connectivity index (χ3v) is 4.34. The highest BCUT2D eigenvalue weighted by Gasteiger charge is 2.29. The van der Waals surface area contributed by atoms with Crippen LogP contribution in [-0.2, 0) is 11.2 Å². The Bertz CT molecular complexity index is 777.